The van der Waals surface area contributed by atoms with Crippen LogP contribution in [0, 0.1) is 28.5 Å². The van der Waals surface area contributed by atoms with E-state index in [2.05, 4.69) is 45.2 Å². The number of ether oxygens (including phenoxy) is 2. The minimum atomic E-state index is -0.744. The summed E-state index contributed by atoms with van der Waals surface area (Å²) in [5.74, 6) is -0.284. The van der Waals surface area contributed by atoms with E-state index in [1.165, 1.54) is 17.8 Å². The first-order valence-corrected chi connectivity index (χ1v) is 16.2. The van der Waals surface area contributed by atoms with E-state index in [0.29, 0.717) is 36.5 Å². The standard InChI is InChI=1S/C32H34F2N8O2S/c1-41(2)32(6-3-7-32)14-38-29-19-11-37-25(17-4-5-20(33)27-23(17)18(10-35)28(36)45-27)24(34)26(19)39-30(40-29)44-16-31(8-9-31)15-42-12-22-21(42)13-43-22/h4-5,11,23,27H,3,6-9,12-16,36H2,1-2H3,(H,38,39,40). The lowest BCUT2D eigenvalue weighted by atomic mass is 9.75. The number of halogens is 2. The summed E-state index contributed by atoms with van der Waals surface area (Å²) < 4.78 is 43.1. The fourth-order valence-electron chi connectivity index (χ4n) is 7.00. The molecule has 0 spiro atoms. The summed E-state index contributed by atoms with van der Waals surface area (Å²) in [4.78, 5) is 18.4. The van der Waals surface area contributed by atoms with Gasteiger partial charge in [0.25, 0.3) is 0 Å². The molecule has 0 bridgehead atoms. The van der Waals surface area contributed by atoms with Gasteiger partial charge in [0, 0.05) is 36.2 Å². The zero-order valence-corrected chi connectivity index (χ0v) is 26.0. The normalized spacial score (nSPS) is 25.3. The number of thioether (sulfide) groups is 1. The molecule has 10 nitrogen and oxygen atoms in total. The number of fused-ring (bicyclic) bond motifs is 2. The van der Waals surface area contributed by atoms with E-state index < -0.39 is 22.8 Å². The van der Waals surface area contributed by atoms with Crippen LogP contribution in [-0.4, -0.2) is 82.5 Å². The SMILES string of the molecule is CN(C)C1(CNc2nc(OCC3(CN4CC5=C4CO5)CC3)nc3c(F)c(C4=CC=C(F)C5SC(N)=C(C#N)C45)ncc23)CCC1. The second-order valence-corrected chi connectivity index (χ2v) is 14.4. The molecule has 234 valence electrons. The molecular formula is C32H34F2N8O2S. The quantitative estimate of drug-likeness (QED) is 0.386. The molecule has 0 radical (unpaired) electrons. The third kappa shape index (κ3) is 4.55. The lowest BCUT2D eigenvalue weighted by Gasteiger charge is -2.47. The third-order valence-electron chi connectivity index (χ3n) is 10.4. The molecule has 3 aliphatic carbocycles. The molecule has 45 heavy (non-hydrogen) atoms. The van der Waals surface area contributed by atoms with Crippen molar-refractivity contribution < 1.29 is 18.3 Å². The predicted octanol–water partition coefficient (Wildman–Crippen LogP) is 4.45. The van der Waals surface area contributed by atoms with Gasteiger partial charge in [-0.15, -0.1) is 0 Å². The highest BCUT2D eigenvalue weighted by atomic mass is 32.2. The Labute approximate surface area is 264 Å². The number of anilines is 1. The van der Waals surface area contributed by atoms with Crippen LogP contribution >= 0.6 is 11.8 Å². The molecule has 2 unspecified atom stereocenters. The second kappa shape index (κ2) is 10.3. The number of likely N-dealkylation sites (N-methyl/N-ethyl adjacent to an activating group) is 1. The van der Waals surface area contributed by atoms with Crippen molar-refractivity contribution in [3.05, 3.63) is 57.7 Å². The number of rotatable bonds is 10. The number of pyridine rings is 1. The number of aromatic nitrogens is 3. The van der Waals surface area contributed by atoms with Gasteiger partial charge in [0.2, 0.25) is 0 Å². The van der Waals surface area contributed by atoms with Crippen molar-refractivity contribution in [1.82, 2.24) is 24.8 Å². The average molecular weight is 633 g/mol. The lowest BCUT2D eigenvalue weighted by molar-refractivity contribution is 0.0331. The molecule has 2 aromatic rings. The van der Waals surface area contributed by atoms with Gasteiger partial charge in [-0.1, -0.05) is 17.8 Å². The van der Waals surface area contributed by atoms with Gasteiger partial charge < -0.3 is 30.3 Å². The highest BCUT2D eigenvalue weighted by molar-refractivity contribution is 8.04. The molecule has 5 heterocycles. The van der Waals surface area contributed by atoms with Crippen LogP contribution in [0.25, 0.3) is 16.5 Å². The fraction of sp³-hybridized carbons (Fsp3) is 0.500. The van der Waals surface area contributed by atoms with E-state index in [4.69, 9.17) is 20.2 Å². The van der Waals surface area contributed by atoms with Gasteiger partial charge >= 0.3 is 6.01 Å². The zero-order valence-electron chi connectivity index (χ0n) is 25.2. The summed E-state index contributed by atoms with van der Waals surface area (Å²) in [6.07, 6.45) is 9.66. The van der Waals surface area contributed by atoms with Gasteiger partial charge in [-0.2, -0.15) is 15.2 Å². The van der Waals surface area contributed by atoms with Crippen LogP contribution in [0.5, 0.6) is 6.01 Å². The van der Waals surface area contributed by atoms with Crippen LogP contribution in [0.15, 0.2) is 46.2 Å². The number of nitrogens with two attached hydrogens (primary N) is 1. The molecular weight excluding hydrogens is 598 g/mol. The van der Waals surface area contributed by atoms with Gasteiger partial charge in [-0.05, 0) is 57.8 Å². The summed E-state index contributed by atoms with van der Waals surface area (Å²) in [6, 6.07) is 2.19. The van der Waals surface area contributed by atoms with Crippen LogP contribution in [-0.2, 0) is 4.74 Å². The van der Waals surface area contributed by atoms with E-state index in [-0.39, 0.29) is 38.8 Å². The van der Waals surface area contributed by atoms with Crippen LogP contribution in [0.1, 0.15) is 37.8 Å². The van der Waals surface area contributed by atoms with Crippen molar-refractivity contribution in [2.24, 2.45) is 17.1 Å². The zero-order chi connectivity index (χ0) is 31.1. The predicted molar refractivity (Wildman–Crippen MR) is 167 cm³/mol. The molecule has 2 fully saturated rings. The maximum Gasteiger partial charge on any atom is 0.319 e. The Bertz CT molecular complexity index is 1790. The van der Waals surface area contributed by atoms with E-state index in [1.54, 1.807) is 6.20 Å². The molecule has 2 saturated carbocycles. The van der Waals surface area contributed by atoms with Gasteiger partial charge in [0.1, 0.15) is 35.2 Å². The first kappa shape index (κ1) is 28.6. The van der Waals surface area contributed by atoms with Gasteiger partial charge in [0.15, 0.2) is 5.82 Å². The monoisotopic (exact) mass is 632 g/mol. The van der Waals surface area contributed by atoms with Crippen LogP contribution in [0.3, 0.4) is 0 Å². The Morgan fingerprint density at radius 3 is 2.69 bits per heavy atom. The minimum Gasteiger partial charge on any atom is -0.488 e. The number of nitrogens with one attached hydrogen (secondary N) is 1. The highest BCUT2D eigenvalue weighted by Crippen LogP contribution is 2.52. The molecule has 0 amide bonds. The number of hydrogen-bond acceptors (Lipinski definition) is 11. The minimum absolute atomic E-state index is 0.00131. The molecule has 3 aliphatic heterocycles. The maximum absolute atomic E-state index is 16.6. The molecule has 6 aliphatic rings. The molecule has 3 N–H and O–H groups in total. The number of hydrogen-bond donors (Lipinski definition) is 2. The average Bonchev–Trinajstić information content (AvgIpc) is 3.67. The topological polar surface area (TPSA) is 125 Å². The van der Waals surface area contributed by atoms with E-state index in [9.17, 15) is 9.65 Å². The molecule has 0 saturated heterocycles. The van der Waals surface area contributed by atoms with Crippen molar-refractivity contribution in [2.75, 3.05) is 52.3 Å². The Balaban J connectivity index is 1.14. The Hall–Kier alpha value is -3.89. The second-order valence-electron chi connectivity index (χ2n) is 13.2. The summed E-state index contributed by atoms with van der Waals surface area (Å²) in [6.45, 7) is 3.45. The molecule has 8 rings (SSSR count). The van der Waals surface area contributed by atoms with Crippen molar-refractivity contribution in [1.29, 1.82) is 5.26 Å². The van der Waals surface area contributed by atoms with Gasteiger partial charge in [0.05, 0.1) is 46.2 Å². The van der Waals surface area contributed by atoms with Crippen LogP contribution < -0.4 is 15.8 Å². The Kier molecular flexibility index (Phi) is 6.55. The number of nitrogens with zero attached hydrogens (tertiary/aromatic N) is 6. The van der Waals surface area contributed by atoms with E-state index in [1.807, 2.05) is 0 Å². The fourth-order valence-corrected chi connectivity index (χ4v) is 8.18. The number of allylic oxidation sites excluding steroid dienone is 4. The smallest absolute Gasteiger partial charge is 0.319 e. The molecule has 2 atom stereocenters. The summed E-state index contributed by atoms with van der Waals surface area (Å²) in [7, 11) is 4.15. The van der Waals surface area contributed by atoms with Crippen molar-refractivity contribution in [3.8, 4) is 12.1 Å². The summed E-state index contributed by atoms with van der Waals surface area (Å²) in [5, 5.41) is 13.2. The van der Waals surface area contributed by atoms with Gasteiger partial charge in [-0.3, -0.25) is 4.98 Å². The maximum atomic E-state index is 16.6. The summed E-state index contributed by atoms with van der Waals surface area (Å²) in [5.41, 5.74) is 8.03. The first-order chi connectivity index (χ1) is 21.7. The van der Waals surface area contributed by atoms with Crippen LogP contribution in [0.2, 0.25) is 0 Å². The summed E-state index contributed by atoms with van der Waals surface area (Å²) >= 11 is 1.08. The Morgan fingerprint density at radius 2 is 2.07 bits per heavy atom. The highest BCUT2D eigenvalue weighted by Gasteiger charge is 2.49. The molecule has 13 heteroatoms. The largest absolute Gasteiger partial charge is 0.488 e. The van der Waals surface area contributed by atoms with Gasteiger partial charge in [-0.25, -0.2) is 8.78 Å². The van der Waals surface area contributed by atoms with Crippen molar-refractivity contribution in [2.45, 2.75) is 42.9 Å². The molecule has 2 aromatic heterocycles. The van der Waals surface area contributed by atoms with E-state index >= 15 is 4.39 Å². The number of morpholine rings is 1. The number of nitriles is 1. The lowest BCUT2D eigenvalue weighted by Crippen LogP contribution is -2.54. The first-order valence-electron chi connectivity index (χ1n) is 15.4. The van der Waals surface area contributed by atoms with Crippen molar-refractivity contribution >= 4 is 34.1 Å². The Morgan fingerprint density at radius 1 is 1.24 bits per heavy atom. The van der Waals surface area contributed by atoms with E-state index in [0.717, 1.165) is 62.7 Å². The third-order valence-corrected chi connectivity index (χ3v) is 11.7. The van der Waals surface area contributed by atoms with Crippen molar-refractivity contribution in [3.63, 3.8) is 0 Å². The molecule has 0 aromatic carbocycles. The van der Waals surface area contributed by atoms with Crippen LogP contribution in [0.4, 0.5) is 14.6 Å².